The fraction of sp³-hybridized carbons (Fsp3) is 0.417. The van der Waals surface area contributed by atoms with Crippen molar-refractivity contribution in [1.29, 1.82) is 0 Å². The number of nitrogens with two attached hydrogens (primary N) is 1. The van der Waals surface area contributed by atoms with Gasteiger partial charge in [-0.25, -0.2) is 4.52 Å². The maximum atomic E-state index is 11.3. The lowest BCUT2D eigenvalue weighted by molar-refractivity contribution is -0.119. The Morgan fingerprint density at radius 3 is 2.78 bits per heavy atom. The molecule has 0 aliphatic carbocycles. The number of hydrogen-bond donors (Lipinski definition) is 2. The Bertz CT molecular complexity index is 575. The zero-order valence-electron chi connectivity index (χ0n) is 10.7. The van der Waals surface area contributed by atoms with Gasteiger partial charge in [0.15, 0.2) is 5.65 Å². The number of anilines is 1. The van der Waals surface area contributed by atoms with Crippen LogP contribution in [0.3, 0.4) is 0 Å². The Hall–Kier alpha value is -2.11. The van der Waals surface area contributed by atoms with Crippen LogP contribution in [-0.4, -0.2) is 26.5 Å². The zero-order valence-corrected chi connectivity index (χ0v) is 10.7. The number of amides is 1. The first kappa shape index (κ1) is 12.3. The fourth-order valence-corrected chi connectivity index (χ4v) is 1.75. The highest BCUT2D eigenvalue weighted by atomic mass is 16.1. The van der Waals surface area contributed by atoms with Gasteiger partial charge in [0, 0.05) is 6.20 Å². The highest BCUT2D eigenvalue weighted by molar-refractivity contribution is 5.82. The van der Waals surface area contributed by atoms with Crippen LogP contribution >= 0.6 is 0 Å². The summed E-state index contributed by atoms with van der Waals surface area (Å²) in [6.07, 6.45) is 1.88. The summed E-state index contributed by atoms with van der Waals surface area (Å²) in [6.45, 7) is 5.82. The average molecular weight is 247 g/mol. The van der Waals surface area contributed by atoms with Crippen LogP contribution in [-0.2, 0) is 4.79 Å². The number of nitrogens with one attached hydrogen (secondary N) is 1. The number of aryl methyl sites for hydroxylation is 1. The average Bonchev–Trinajstić information content (AvgIpc) is 2.66. The standard InChI is InChI=1S/C12H17N5O/c1-7(2)10(11(13)18)15-12-14-9-5-4-8(3)6-17(9)16-12/h4-7,10H,1-3H3,(H2,13,18)(H,15,16). The van der Waals surface area contributed by atoms with E-state index in [0.29, 0.717) is 5.95 Å². The van der Waals surface area contributed by atoms with Crippen LogP contribution in [0.4, 0.5) is 5.95 Å². The van der Waals surface area contributed by atoms with Gasteiger partial charge in [-0.1, -0.05) is 19.9 Å². The molecule has 3 N–H and O–H groups in total. The molecule has 6 heteroatoms. The van der Waals surface area contributed by atoms with Crippen LogP contribution in [0.1, 0.15) is 19.4 Å². The van der Waals surface area contributed by atoms with E-state index < -0.39 is 11.9 Å². The normalized spacial score (nSPS) is 12.9. The van der Waals surface area contributed by atoms with Crippen LogP contribution < -0.4 is 11.1 Å². The minimum Gasteiger partial charge on any atom is -0.368 e. The van der Waals surface area contributed by atoms with E-state index in [2.05, 4.69) is 15.4 Å². The monoisotopic (exact) mass is 247 g/mol. The van der Waals surface area contributed by atoms with E-state index in [-0.39, 0.29) is 5.92 Å². The second-order valence-electron chi connectivity index (χ2n) is 4.71. The predicted octanol–water partition coefficient (Wildman–Crippen LogP) is 0.960. The van der Waals surface area contributed by atoms with Gasteiger partial charge in [-0.3, -0.25) is 4.79 Å². The highest BCUT2D eigenvalue weighted by Gasteiger charge is 2.20. The minimum atomic E-state index is -0.469. The molecule has 18 heavy (non-hydrogen) atoms. The molecule has 1 unspecified atom stereocenters. The first-order chi connectivity index (χ1) is 8.47. The van der Waals surface area contributed by atoms with Gasteiger partial charge >= 0.3 is 0 Å². The zero-order chi connectivity index (χ0) is 13.3. The van der Waals surface area contributed by atoms with Crippen molar-refractivity contribution in [2.45, 2.75) is 26.8 Å². The van der Waals surface area contributed by atoms with E-state index in [1.54, 1.807) is 4.52 Å². The quantitative estimate of drug-likeness (QED) is 0.842. The molecule has 0 fully saturated rings. The summed E-state index contributed by atoms with van der Waals surface area (Å²) < 4.78 is 1.68. The number of rotatable bonds is 4. The molecule has 0 aromatic carbocycles. The number of nitrogens with zero attached hydrogens (tertiary/aromatic N) is 3. The van der Waals surface area contributed by atoms with Crippen molar-refractivity contribution < 1.29 is 4.79 Å². The topological polar surface area (TPSA) is 85.3 Å². The van der Waals surface area contributed by atoms with Gasteiger partial charge in [-0.2, -0.15) is 4.98 Å². The molecule has 1 amide bonds. The maximum Gasteiger partial charge on any atom is 0.243 e. The van der Waals surface area contributed by atoms with Gasteiger partial charge in [0.25, 0.3) is 0 Å². The third-order valence-electron chi connectivity index (χ3n) is 2.74. The van der Waals surface area contributed by atoms with Crippen LogP contribution in [0.2, 0.25) is 0 Å². The molecule has 2 heterocycles. The van der Waals surface area contributed by atoms with E-state index in [9.17, 15) is 4.79 Å². The Kier molecular flexibility index (Phi) is 3.18. The molecule has 0 saturated heterocycles. The van der Waals surface area contributed by atoms with E-state index in [1.807, 2.05) is 39.1 Å². The van der Waals surface area contributed by atoms with Gasteiger partial charge < -0.3 is 11.1 Å². The van der Waals surface area contributed by atoms with Crippen molar-refractivity contribution in [3.05, 3.63) is 23.9 Å². The molecule has 0 aliphatic heterocycles. The molecule has 2 aromatic rings. The number of pyridine rings is 1. The number of fused-ring (bicyclic) bond motifs is 1. The van der Waals surface area contributed by atoms with Gasteiger partial charge in [-0.15, -0.1) is 5.10 Å². The summed E-state index contributed by atoms with van der Waals surface area (Å²) in [5.41, 5.74) is 7.16. The lowest BCUT2D eigenvalue weighted by atomic mass is 10.0. The van der Waals surface area contributed by atoms with Crippen molar-refractivity contribution in [2.75, 3.05) is 5.32 Å². The second kappa shape index (κ2) is 4.64. The van der Waals surface area contributed by atoms with Gasteiger partial charge in [0.1, 0.15) is 6.04 Å². The van der Waals surface area contributed by atoms with Crippen molar-refractivity contribution in [3.8, 4) is 0 Å². The number of carbonyl (C=O) groups is 1. The van der Waals surface area contributed by atoms with E-state index in [4.69, 9.17) is 5.73 Å². The van der Waals surface area contributed by atoms with Crippen molar-refractivity contribution in [3.63, 3.8) is 0 Å². The molecule has 0 radical (unpaired) electrons. The van der Waals surface area contributed by atoms with E-state index in [1.165, 1.54) is 0 Å². The molecule has 2 aromatic heterocycles. The Labute approximate surface area is 105 Å². The third-order valence-corrected chi connectivity index (χ3v) is 2.74. The summed E-state index contributed by atoms with van der Waals surface area (Å²) in [5.74, 6) is 0.0917. The third kappa shape index (κ3) is 2.42. The summed E-state index contributed by atoms with van der Waals surface area (Å²) in [5, 5.41) is 7.23. The molecule has 2 rings (SSSR count). The van der Waals surface area contributed by atoms with Crippen LogP contribution in [0.15, 0.2) is 18.3 Å². The molecule has 0 saturated carbocycles. The SMILES string of the molecule is Cc1ccc2nc(NC(C(N)=O)C(C)C)nn2c1. The summed E-state index contributed by atoms with van der Waals surface area (Å²) in [7, 11) is 0. The minimum absolute atomic E-state index is 0.0795. The summed E-state index contributed by atoms with van der Waals surface area (Å²) in [4.78, 5) is 15.6. The Morgan fingerprint density at radius 1 is 1.44 bits per heavy atom. The van der Waals surface area contributed by atoms with Crippen molar-refractivity contribution in [2.24, 2.45) is 11.7 Å². The first-order valence-electron chi connectivity index (χ1n) is 5.86. The maximum absolute atomic E-state index is 11.3. The number of hydrogen-bond acceptors (Lipinski definition) is 4. The Balaban J connectivity index is 2.28. The van der Waals surface area contributed by atoms with Gasteiger partial charge in [0.05, 0.1) is 0 Å². The second-order valence-corrected chi connectivity index (χ2v) is 4.71. The highest BCUT2D eigenvalue weighted by Crippen LogP contribution is 2.11. The van der Waals surface area contributed by atoms with Gasteiger partial charge in [0.2, 0.25) is 11.9 Å². The first-order valence-corrected chi connectivity index (χ1v) is 5.86. The van der Waals surface area contributed by atoms with Crippen molar-refractivity contribution in [1.82, 2.24) is 14.6 Å². The van der Waals surface area contributed by atoms with Crippen molar-refractivity contribution >= 4 is 17.5 Å². The Morgan fingerprint density at radius 2 is 2.17 bits per heavy atom. The molecule has 0 aliphatic rings. The number of primary amides is 1. The summed E-state index contributed by atoms with van der Waals surface area (Å²) >= 11 is 0. The molecule has 6 nitrogen and oxygen atoms in total. The van der Waals surface area contributed by atoms with Gasteiger partial charge in [-0.05, 0) is 24.5 Å². The number of carbonyl (C=O) groups excluding carboxylic acids is 1. The largest absolute Gasteiger partial charge is 0.368 e. The summed E-state index contributed by atoms with van der Waals surface area (Å²) in [6, 6.07) is 3.37. The molecule has 96 valence electrons. The van der Waals surface area contributed by atoms with Crippen LogP contribution in [0.25, 0.3) is 5.65 Å². The van der Waals surface area contributed by atoms with E-state index in [0.717, 1.165) is 11.2 Å². The predicted molar refractivity (Wildman–Crippen MR) is 69.2 cm³/mol. The van der Waals surface area contributed by atoms with Crippen LogP contribution in [0, 0.1) is 12.8 Å². The molecule has 1 atom stereocenters. The molecular formula is C12H17N5O. The van der Waals surface area contributed by atoms with E-state index >= 15 is 0 Å². The molecular weight excluding hydrogens is 230 g/mol. The lowest BCUT2D eigenvalue weighted by Gasteiger charge is -2.17. The molecule has 0 bridgehead atoms. The number of aromatic nitrogens is 3. The van der Waals surface area contributed by atoms with Crippen LogP contribution in [0.5, 0.6) is 0 Å². The smallest absolute Gasteiger partial charge is 0.243 e. The lowest BCUT2D eigenvalue weighted by Crippen LogP contribution is -2.39. The fourth-order valence-electron chi connectivity index (χ4n) is 1.75. The molecule has 0 spiro atoms.